The molecular formula is C18H30N2. The van der Waals surface area contributed by atoms with Gasteiger partial charge in [0.2, 0.25) is 0 Å². The fourth-order valence-electron chi connectivity index (χ4n) is 3.21. The Morgan fingerprint density at radius 3 is 2.10 bits per heavy atom. The molecule has 1 fully saturated rings. The van der Waals surface area contributed by atoms with Crippen LogP contribution < -0.4 is 5.32 Å². The van der Waals surface area contributed by atoms with Crippen LogP contribution in [0.1, 0.15) is 51.3 Å². The van der Waals surface area contributed by atoms with Crippen molar-refractivity contribution in [2.75, 3.05) is 26.2 Å². The maximum absolute atomic E-state index is 3.44. The lowest BCUT2D eigenvalue weighted by atomic mass is 9.81. The van der Waals surface area contributed by atoms with Crippen LogP contribution in [0.25, 0.3) is 0 Å². The SMILES string of the molecule is Cc1cc(C(C)(C)C)ccc1C(C)(C)N1CCNCC1. The Hall–Kier alpha value is -0.860. The van der Waals surface area contributed by atoms with Gasteiger partial charge in [-0.2, -0.15) is 0 Å². The predicted octanol–water partition coefficient (Wildman–Crippen LogP) is 3.43. The van der Waals surface area contributed by atoms with E-state index in [-0.39, 0.29) is 11.0 Å². The summed E-state index contributed by atoms with van der Waals surface area (Å²) in [6, 6.07) is 7.03. The summed E-state index contributed by atoms with van der Waals surface area (Å²) in [5.41, 5.74) is 4.65. The number of rotatable bonds is 2. The average Bonchev–Trinajstić information content (AvgIpc) is 2.38. The topological polar surface area (TPSA) is 15.3 Å². The molecule has 0 bridgehead atoms. The monoisotopic (exact) mass is 274 g/mol. The smallest absolute Gasteiger partial charge is 0.0408 e. The normalized spacial score (nSPS) is 18.3. The molecule has 0 saturated carbocycles. The zero-order valence-electron chi connectivity index (χ0n) is 14.0. The van der Waals surface area contributed by atoms with E-state index in [9.17, 15) is 0 Å². The molecule has 1 aliphatic heterocycles. The fraction of sp³-hybridized carbons (Fsp3) is 0.667. The molecule has 2 rings (SSSR count). The van der Waals surface area contributed by atoms with Gasteiger partial charge < -0.3 is 5.32 Å². The number of nitrogens with zero attached hydrogens (tertiary/aromatic N) is 1. The lowest BCUT2D eigenvalue weighted by Gasteiger charge is -2.42. The quantitative estimate of drug-likeness (QED) is 0.889. The van der Waals surface area contributed by atoms with E-state index < -0.39 is 0 Å². The standard InChI is InChI=1S/C18H30N2/c1-14-13-15(17(2,3)4)7-8-16(14)18(5,6)20-11-9-19-10-12-20/h7-8,13,19H,9-12H2,1-6H3. The first kappa shape index (κ1) is 15.5. The molecule has 1 saturated heterocycles. The third-order valence-corrected chi connectivity index (χ3v) is 4.66. The second-order valence-electron chi connectivity index (χ2n) is 7.58. The molecule has 0 aliphatic carbocycles. The lowest BCUT2D eigenvalue weighted by molar-refractivity contribution is 0.102. The molecule has 20 heavy (non-hydrogen) atoms. The van der Waals surface area contributed by atoms with Crippen LogP contribution in [0, 0.1) is 6.92 Å². The molecule has 0 amide bonds. The highest BCUT2D eigenvalue weighted by Gasteiger charge is 2.31. The van der Waals surface area contributed by atoms with Crippen molar-refractivity contribution in [2.45, 2.75) is 52.5 Å². The van der Waals surface area contributed by atoms with Gasteiger partial charge in [0, 0.05) is 31.7 Å². The molecule has 0 aromatic heterocycles. The summed E-state index contributed by atoms with van der Waals surface area (Å²) >= 11 is 0. The molecule has 0 atom stereocenters. The third-order valence-electron chi connectivity index (χ3n) is 4.66. The molecule has 1 aromatic carbocycles. The van der Waals surface area contributed by atoms with Crippen molar-refractivity contribution in [2.24, 2.45) is 0 Å². The van der Waals surface area contributed by atoms with E-state index in [1.54, 1.807) is 0 Å². The minimum Gasteiger partial charge on any atom is -0.314 e. The van der Waals surface area contributed by atoms with Crippen LogP contribution in [0.5, 0.6) is 0 Å². The van der Waals surface area contributed by atoms with Crippen molar-refractivity contribution in [1.82, 2.24) is 10.2 Å². The van der Waals surface area contributed by atoms with Crippen molar-refractivity contribution < 1.29 is 0 Å². The van der Waals surface area contributed by atoms with Gasteiger partial charge in [-0.15, -0.1) is 0 Å². The Balaban J connectivity index is 2.32. The number of piperazine rings is 1. The van der Waals surface area contributed by atoms with Gasteiger partial charge in [-0.1, -0.05) is 39.0 Å². The van der Waals surface area contributed by atoms with Gasteiger partial charge in [0.05, 0.1) is 0 Å². The molecule has 0 unspecified atom stereocenters. The Bertz CT molecular complexity index is 463. The van der Waals surface area contributed by atoms with Gasteiger partial charge in [0.25, 0.3) is 0 Å². The highest BCUT2D eigenvalue weighted by atomic mass is 15.2. The van der Waals surface area contributed by atoms with Crippen LogP contribution in [0.15, 0.2) is 18.2 Å². The molecule has 1 heterocycles. The second kappa shape index (κ2) is 5.50. The van der Waals surface area contributed by atoms with Gasteiger partial charge in [-0.05, 0) is 42.9 Å². The summed E-state index contributed by atoms with van der Waals surface area (Å²) in [6.07, 6.45) is 0. The zero-order valence-corrected chi connectivity index (χ0v) is 14.0. The summed E-state index contributed by atoms with van der Waals surface area (Å²) in [5, 5.41) is 3.44. The summed E-state index contributed by atoms with van der Waals surface area (Å²) in [4.78, 5) is 2.60. The largest absolute Gasteiger partial charge is 0.314 e. The van der Waals surface area contributed by atoms with Crippen molar-refractivity contribution in [1.29, 1.82) is 0 Å². The molecule has 2 nitrogen and oxygen atoms in total. The van der Waals surface area contributed by atoms with Crippen molar-refractivity contribution in [3.8, 4) is 0 Å². The molecule has 2 heteroatoms. The van der Waals surface area contributed by atoms with E-state index in [1.165, 1.54) is 16.7 Å². The van der Waals surface area contributed by atoms with E-state index in [2.05, 4.69) is 70.0 Å². The maximum atomic E-state index is 3.44. The molecule has 0 spiro atoms. The van der Waals surface area contributed by atoms with Crippen LogP contribution in [-0.4, -0.2) is 31.1 Å². The maximum Gasteiger partial charge on any atom is 0.0408 e. The van der Waals surface area contributed by atoms with E-state index in [0.717, 1.165) is 26.2 Å². The first-order valence-corrected chi connectivity index (χ1v) is 7.80. The van der Waals surface area contributed by atoms with Gasteiger partial charge in [0.15, 0.2) is 0 Å². The summed E-state index contributed by atoms with van der Waals surface area (Å²) in [6.45, 7) is 18.3. The first-order valence-electron chi connectivity index (χ1n) is 7.80. The van der Waals surface area contributed by atoms with Crippen LogP contribution >= 0.6 is 0 Å². The summed E-state index contributed by atoms with van der Waals surface area (Å²) < 4.78 is 0. The highest BCUT2D eigenvalue weighted by Crippen LogP contribution is 2.33. The number of hydrogen-bond acceptors (Lipinski definition) is 2. The third kappa shape index (κ3) is 3.07. The summed E-state index contributed by atoms with van der Waals surface area (Å²) in [7, 11) is 0. The molecule has 1 aromatic rings. The van der Waals surface area contributed by atoms with Gasteiger partial charge in [-0.25, -0.2) is 0 Å². The number of hydrogen-bond donors (Lipinski definition) is 1. The molecule has 112 valence electrons. The Morgan fingerprint density at radius 2 is 1.60 bits per heavy atom. The minimum absolute atomic E-state index is 0.114. The van der Waals surface area contributed by atoms with Crippen molar-refractivity contribution >= 4 is 0 Å². The van der Waals surface area contributed by atoms with Crippen LogP contribution in [-0.2, 0) is 11.0 Å². The number of nitrogens with one attached hydrogen (secondary N) is 1. The second-order valence-corrected chi connectivity index (χ2v) is 7.58. The minimum atomic E-state index is 0.114. The Morgan fingerprint density at radius 1 is 1.00 bits per heavy atom. The number of benzene rings is 1. The zero-order chi connectivity index (χ0) is 15.0. The van der Waals surface area contributed by atoms with E-state index in [4.69, 9.17) is 0 Å². The van der Waals surface area contributed by atoms with Gasteiger partial charge in [0.1, 0.15) is 0 Å². The Labute approximate surface area is 124 Å². The number of aryl methyl sites for hydroxylation is 1. The van der Waals surface area contributed by atoms with E-state index in [1.807, 2.05) is 0 Å². The predicted molar refractivity (Wildman–Crippen MR) is 87.3 cm³/mol. The van der Waals surface area contributed by atoms with Crippen LogP contribution in [0.3, 0.4) is 0 Å². The lowest BCUT2D eigenvalue weighted by Crippen LogP contribution is -2.52. The average molecular weight is 274 g/mol. The molecule has 1 N–H and O–H groups in total. The van der Waals surface area contributed by atoms with Gasteiger partial charge in [-0.3, -0.25) is 4.90 Å². The fourth-order valence-corrected chi connectivity index (χ4v) is 3.21. The first-order chi connectivity index (χ1) is 9.23. The van der Waals surface area contributed by atoms with Crippen molar-refractivity contribution in [3.63, 3.8) is 0 Å². The summed E-state index contributed by atoms with van der Waals surface area (Å²) in [5.74, 6) is 0. The van der Waals surface area contributed by atoms with Crippen LogP contribution in [0.4, 0.5) is 0 Å². The van der Waals surface area contributed by atoms with Crippen LogP contribution in [0.2, 0.25) is 0 Å². The van der Waals surface area contributed by atoms with Gasteiger partial charge >= 0.3 is 0 Å². The van der Waals surface area contributed by atoms with Crippen molar-refractivity contribution in [3.05, 3.63) is 34.9 Å². The molecule has 0 radical (unpaired) electrons. The highest BCUT2D eigenvalue weighted by molar-refractivity contribution is 5.38. The Kier molecular flexibility index (Phi) is 4.27. The molecule has 1 aliphatic rings. The van der Waals surface area contributed by atoms with E-state index in [0.29, 0.717) is 0 Å². The molecular weight excluding hydrogens is 244 g/mol. The van der Waals surface area contributed by atoms with E-state index >= 15 is 0 Å².